The van der Waals surface area contributed by atoms with Crippen LogP contribution in [0.15, 0.2) is 18.2 Å². The van der Waals surface area contributed by atoms with E-state index in [9.17, 15) is 9.59 Å². The third kappa shape index (κ3) is 4.17. The van der Waals surface area contributed by atoms with Gasteiger partial charge in [0.15, 0.2) is 5.78 Å². The molecule has 1 amide bonds. The van der Waals surface area contributed by atoms with Gasteiger partial charge in [-0.1, -0.05) is 23.8 Å². The molecular weight excluding hydrogens is 252 g/mol. The minimum atomic E-state index is 0.00317. The molecule has 2 rings (SSSR count). The smallest absolute Gasteiger partial charge is 0.234 e. The van der Waals surface area contributed by atoms with Gasteiger partial charge in [-0.05, 0) is 39.3 Å². The Labute approximate surface area is 120 Å². The fourth-order valence-corrected chi connectivity index (χ4v) is 2.26. The monoisotopic (exact) mass is 274 g/mol. The Morgan fingerprint density at radius 3 is 2.55 bits per heavy atom. The van der Waals surface area contributed by atoms with Gasteiger partial charge in [-0.2, -0.15) is 0 Å². The van der Waals surface area contributed by atoms with E-state index >= 15 is 0 Å². The van der Waals surface area contributed by atoms with Crippen LogP contribution in [0.5, 0.6) is 0 Å². The van der Waals surface area contributed by atoms with Gasteiger partial charge in [-0.15, -0.1) is 0 Å². The Bertz CT molecular complexity index is 521. The molecule has 1 fully saturated rings. The highest BCUT2D eigenvalue weighted by molar-refractivity contribution is 5.99. The molecule has 1 aromatic rings. The molecule has 1 aliphatic rings. The van der Waals surface area contributed by atoms with Crippen LogP contribution >= 0.6 is 0 Å². The van der Waals surface area contributed by atoms with Crippen molar-refractivity contribution in [3.05, 3.63) is 34.9 Å². The zero-order chi connectivity index (χ0) is 14.7. The van der Waals surface area contributed by atoms with Gasteiger partial charge in [0.25, 0.3) is 0 Å². The van der Waals surface area contributed by atoms with E-state index in [4.69, 9.17) is 0 Å². The van der Waals surface area contributed by atoms with Crippen molar-refractivity contribution in [2.24, 2.45) is 0 Å². The Morgan fingerprint density at radius 2 is 1.95 bits per heavy atom. The van der Waals surface area contributed by atoms with E-state index in [-0.39, 0.29) is 24.8 Å². The minimum absolute atomic E-state index is 0.00317. The summed E-state index contributed by atoms with van der Waals surface area (Å²) in [4.78, 5) is 25.7. The van der Waals surface area contributed by atoms with Gasteiger partial charge < -0.3 is 5.32 Å². The van der Waals surface area contributed by atoms with Crippen molar-refractivity contribution in [2.75, 3.05) is 20.1 Å². The third-order valence-electron chi connectivity index (χ3n) is 3.45. The maximum absolute atomic E-state index is 12.2. The van der Waals surface area contributed by atoms with Gasteiger partial charge in [-0.25, -0.2) is 0 Å². The van der Waals surface area contributed by atoms with E-state index in [1.54, 1.807) is 11.9 Å². The van der Waals surface area contributed by atoms with E-state index < -0.39 is 0 Å². The molecule has 20 heavy (non-hydrogen) atoms. The van der Waals surface area contributed by atoms with Crippen molar-refractivity contribution >= 4 is 11.7 Å². The molecule has 4 heteroatoms. The van der Waals surface area contributed by atoms with Crippen LogP contribution in [0, 0.1) is 13.8 Å². The fourth-order valence-electron chi connectivity index (χ4n) is 2.26. The lowest BCUT2D eigenvalue weighted by Crippen LogP contribution is -2.38. The number of hydrogen-bond donors (Lipinski definition) is 1. The average Bonchev–Trinajstić information content (AvgIpc) is 3.11. The Balaban J connectivity index is 1.87. The zero-order valence-corrected chi connectivity index (χ0v) is 12.4. The van der Waals surface area contributed by atoms with E-state index in [1.165, 1.54) is 0 Å². The van der Waals surface area contributed by atoms with E-state index in [0.29, 0.717) is 6.04 Å². The first-order valence-electron chi connectivity index (χ1n) is 7.04. The number of nitrogens with zero attached hydrogens (tertiary/aromatic N) is 1. The first-order valence-corrected chi connectivity index (χ1v) is 7.04. The van der Waals surface area contributed by atoms with Crippen LogP contribution in [0.3, 0.4) is 0 Å². The summed E-state index contributed by atoms with van der Waals surface area (Å²) in [6.07, 6.45) is 2.16. The predicted molar refractivity (Wildman–Crippen MR) is 78.9 cm³/mol. The van der Waals surface area contributed by atoms with Crippen molar-refractivity contribution in [3.63, 3.8) is 0 Å². The van der Waals surface area contributed by atoms with Gasteiger partial charge in [0.2, 0.25) is 5.91 Å². The number of hydrogen-bond acceptors (Lipinski definition) is 3. The van der Waals surface area contributed by atoms with Crippen LogP contribution in [0.1, 0.15) is 34.3 Å². The topological polar surface area (TPSA) is 49.4 Å². The quantitative estimate of drug-likeness (QED) is 0.803. The molecule has 0 unspecified atom stereocenters. The lowest BCUT2D eigenvalue weighted by atomic mass is 10.0. The molecular formula is C16H22N2O2. The maximum Gasteiger partial charge on any atom is 0.234 e. The molecule has 0 heterocycles. The zero-order valence-electron chi connectivity index (χ0n) is 12.4. The number of rotatable bonds is 6. The van der Waals surface area contributed by atoms with Gasteiger partial charge in [0.05, 0.1) is 13.1 Å². The van der Waals surface area contributed by atoms with Gasteiger partial charge >= 0.3 is 0 Å². The molecule has 1 aromatic carbocycles. The third-order valence-corrected chi connectivity index (χ3v) is 3.45. The lowest BCUT2D eigenvalue weighted by molar-refractivity contribution is -0.121. The largest absolute Gasteiger partial charge is 0.352 e. The minimum Gasteiger partial charge on any atom is -0.352 e. The molecule has 0 atom stereocenters. The van der Waals surface area contributed by atoms with Crippen molar-refractivity contribution in [2.45, 2.75) is 32.7 Å². The maximum atomic E-state index is 12.2. The number of Topliss-reactive ketones (excluding diaryl/α,β-unsaturated/α-hetero) is 1. The number of ketones is 1. The second-order valence-corrected chi connectivity index (χ2v) is 5.76. The second kappa shape index (κ2) is 6.18. The summed E-state index contributed by atoms with van der Waals surface area (Å²) in [5.41, 5.74) is 2.88. The lowest BCUT2D eigenvalue weighted by Gasteiger charge is -2.16. The first-order chi connectivity index (χ1) is 9.45. The second-order valence-electron chi connectivity index (χ2n) is 5.76. The van der Waals surface area contributed by atoms with Crippen LogP contribution < -0.4 is 5.32 Å². The van der Waals surface area contributed by atoms with Crippen LogP contribution in [-0.2, 0) is 4.79 Å². The molecule has 1 N–H and O–H groups in total. The molecule has 4 nitrogen and oxygen atoms in total. The van der Waals surface area contributed by atoms with Crippen LogP contribution in [0.2, 0.25) is 0 Å². The van der Waals surface area contributed by atoms with E-state index in [0.717, 1.165) is 29.5 Å². The SMILES string of the molecule is Cc1ccc(C(=O)CN(C)CC(=O)NC2CC2)c(C)c1. The molecule has 1 saturated carbocycles. The molecule has 0 radical (unpaired) electrons. The van der Waals surface area contributed by atoms with Crippen LogP contribution in [0.25, 0.3) is 0 Å². The van der Waals surface area contributed by atoms with Crippen LogP contribution in [-0.4, -0.2) is 42.8 Å². The van der Waals surface area contributed by atoms with E-state index in [1.807, 2.05) is 32.0 Å². The van der Waals surface area contributed by atoms with Gasteiger partial charge in [-0.3, -0.25) is 14.5 Å². The number of carbonyl (C=O) groups is 2. The van der Waals surface area contributed by atoms with Gasteiger partial charge in [0, 0.05) is 11.6 Å². The average molecular weight is 274 g/mol. The highest BCUT2D eigenvalue weighted by Gasteiger charge is 2.23. The highest BCUT2D eigenvalue weighted by Crippen LogP contribution is 2.18. The summed E-state index contributed by atoms with van der Waals surface area (Å²) in [7, 11) is 1.80. The van der Waals surface area contributed by atoms with Crippen molar-refractivity contribution < 1.29 is 9.59 Å². The number of likely N-dealkylation sites (N-methyl/N-ethyl adjacent to an activating group) is 1. The molecule has 1 aliphatic carbocycles. The normalized spacial score (nSPS) is 14.4. The fraction of sp³-hybridized carbons (Fsp3) is 0.500. The number of benzene rings is 1. The predicted octanol–water partition coefficient (Wildman–Crippen LogP) is 1.70. The first kappa shape index (κ1) is 14.7. The van der Waals surface area contributed by atoms with Crippen molar-refractivity contribution in [1.82, 2.24) is 10.2 Å². The number of amides is 1. The molecule has 0 aliphatic heterocycles. The number of carbonyl (C=O) groups excluding carboxylic acids is 2. The van der Waals surface area contributed by atoms with Crippen molar-refractivity contribution in [1.29, 1.82) is 0 Å². The summed E-state index contributed by atoms with van der Waals surface area (Å²) >= 11 is 0. The summed E-state index contributed by atoms with van der Waals surface area (Å²) in [6.45, 7) is 4.49. The Hall–Kier alpha value is -1.68. The highest BCUT2D eigenvalue weighted by atomic mass is 16.2. The molecule has 0 aromatic heterocycles. The van der Waals surface area contributed by atoms with E-state index in [2.05, 4.69) is 5.32 Å². The summed E-state index contributed by atoms with van der Waals surface area (Å²) in [5.74, 6) is 0.0626. The molecule has 0 spiro atoms. The molecule has 108 valence electrons. The van der Waals surface area contributed by atoms with Crippen LogP contribution in [0.4, 0.5) is 0 Å². The standard InChI is InChI=1S/C16H22N2O2/c1-11-4-7-14(12(2)8-11)15(19)9-18(3)10-16(20)17-13-5-6-13/h4,7-8,13H,5-6,9-10H2,1-3H3,(H,17,20). The number of aryl methyl sites for hydroxylation is 2. The van der Waals surface area contributed by atoms with Gasteiger partial charge in [0.1, 0.15) is 0 Å². The van der Waals surface area contributed by atoms with Crippen molar-refractivity contribution in [3.8, 4) is 0 Å². The Morgan fingerprint density at radius 1 is 1.25 bits per heavy atom. The summed E-state index contributed by atoms with van der Waals surface area (Å²) < 4.78 is 0. The molecule has 0 saturated heterocycles. The number of nitrogens with one attached hydrogen (secondary N) is 1. The Kier molecular flexibility index (Phi) is 4.55. The summed E-state index contributed by atoms with van der Waals surface area (Å²) in [6, 6.07) is 6.18. The summed E-state index contributed by atoms with van der Waals surface area (Å²) in [5, 5.41) is 2.92. The molecule has 0 bridgehead atoms.